The summed E-state index contributed by atoms with van der Waals surface area (Å²) >= 11 is 0. The van der Waals surface area contributed by atoms with Crippen LogP contribution in [0.3, 0.4) is 0 Å². The Morgan fingerprint density at radius 1 is 1.39 bits per heavy atom. The van der Waals surface area contributed by atoms with Crippen LogP contribution in [0.1, 0.15) is 53.9 Å². The maximum atomic E-state index is 12.5. The monoisotopic (exact) mass is 318 g/mol. The zero-order valence-electron chi connectivity index (χ0n) is 15.1. The van der Waals surface area contributed by atoms with Crippen molar-refractivity contribution in [1.29, 1.82) is 0 Å². The first kappa shape index (κ1) is 18.1. The van der Waals surface area contributed by atoms with E-state index in [1.54, 1.807) is 6.92 Å². The van der Waals surface area contributed by atoms with Gasteiger partial charge in [-0.1, -0.05) is 37.6 Å². The van der Waals surface area contributed by atoms with Gasteiger partial charge in [-0.2, -0.15) is 0 Å². The summed E-state index contributed by atoms with van der Waals surface area (Å²) in [7, 11) is 0. The summed E-state index contributed by atoms with van der Waals surface area (Å²) in [6.07, 6.45) is 8.87. The van der Waals surface area contributed by atoms with Crippen molar-refractivity contribution in [2.24, 2.45) is 28.6 Å². The van der Waals surface area contributed by atoms with Gasteiger partial charge in [-0.3, -0.25) is 9.59 Å². The van der Waals surface area contributed by atoms with Gasteiger partial charge in [0.2, 0.25) is 0 Å². The Bertz CT molecular complexity index is 559. The third-order valence-electron chi connectivity index (χ3n) is 6.49. The number of fused-ring (bicyclic) bond motifs is 1. The van der Waals surface area contributed by atoms with Gasteiger partial charge in [-0.25, -0.2) is 0 Å². The van der Waals surface area contributed by atoms with Crippen molar-refractivity contribution in [3.05, 3.63) is 23.8 Å². The van der Waals surface area contributed by atoms with E-state index >= 15 is 0 Å². The Labute approximate surface area is 139 Å². The summed E-state index contributed by atoms with van der Waals surface area (Å²) in [5, 5.41) is 9.93. The summed E-state index contributed by atoms with van der Waals surface area (Å²) in [6.45, 7) is 9.81. The molecule has 0 aliphatic heterocycles. The molecule has 2 aliphatic carbocycles. The number of rotatable bonds is 5. The molecule has 0 radical (unpaired) electrons. The van der Waals surface area contributed by atoms with Gasteiger partial charge in [0.05, 0.1) is 5.92 Å². The lowest BCUT2D eigenvalue weighted by molar-refractivity contribution is -0.132. The van der Waals surface area contributed by atoms with Crippen LogP contribution >= 0.6 is 0 Å². The molecule has 3 nitrogen and oxygen atoms in total. The van der Waals surface area contributed by atoms with Crippen LogP contribution in [0.2, 0.25) is 0 Å². The average Bonchev–Trinajstić information content (AvgIpc) is 2.49. The van der Waals surface area contributed by atoms with Crippen LogP contribution < -0.4 is 0 Å². The molecule has 0 saturated heterocycles. The average molecular weight is 318 g/mol. The van der Waals surface area contributed by atoms with Crippen LogP contribution in [0.15, 0.2) is 23.8 Å². The van der Waals surface area contributed by atoms with Gasteiger partial charge in [0.1, 0.15) is 11.6 Å². The highest BCUT2D eigenvalue weighted by atomic mass is 16.3. The van der Waals surface area contributed by atoms with E-state index in [2.05, 4.69) is 39.0 Å². The molecule has 23 heavy (non-hydrogen) atoms. The van der Waals surface area contributed by atoms with Gasteiger partial charge in [0, 0.05) is 13.0 Å². The number of ketones is 2. The number of carbonyl (C=O) groups is 2. The Balaban J connectivity index is 2.35. The Kier molecular flexibility index (Phi) is 5.00. The smallest absolute Gasteiger partial charge is 0.143 e. The van der Waals surface area contributed by atoms with Crippen LogP contribution in [-0.4, -0.2) is 23.3 Å². The molecule has 0 spiro atoms. The zero-order chi connectivity index (χ0) is 17.4. The topological polar surface area (TPSA) is 54.4 Å². The number of carbonyl (C=O) groups excluding carboxylic acids is 2. The van der Waals surface area contributed by atoms with Crippen LogP contribution in [-0.2, 0) is 9.59 Å². The summed E-state index contributed by atoms with van der Waals surface area (Å²) in [5.41, 5.74) is 0.953. The third kappa shape index (κ3) is 3.08. The van der Waals surface area contributed by atoms with E-state index in [0.29, 0.717) is 12.3 Å². The van der Waals surface area contributed by atoms with Gasteiger partial charge in [0.25, 0.3) is 0 Å². The highest BCUT2D eigenvalue weighted by Crippen LogP contribution is 2.57. The minimum atomic E-state index is -0.524. The van der Waals surface area contributed by atoms with Crippen LogP contribution in [0.25, 0.3) is 0 Å². The van der Waals surface area contributed by atoms with Crippen molar-refractivity contribution in [1.82, 2.24) is 0 Å². The molecule has 0 aromatic carbocycles. The van der Waals surface area contributed by atoms with Gasteiger partial charge < -0.3 is 5.11 Å². The van der Waals surface area contributed by atoms with Crippen LogP contribution in [0, 0.1) is 28.6 Å². The van der Waals surface area contributed by atoms with Gasteiger partial charge in [-0.05, 0) is 56.3 Å². The van der Waals surface area contributed by atoms with Gasteiger partial charge >= 0.3 is 0 Å². The van der Waals surface area contributed by atoms with Crippen molar-refractivity contribution < 1.29 is 14.7 Å². The van der Waals surface area contributed by atoms with E-state index < -0.39 is 5.92 Å². The standard InChI is InChI=1S/C20H30O3/c1-13-7-8-18-19(4,12-21)9-6-10-20(18,5)16(13)11-17(23)14(2)15(3)22/h6-7,10,14,16,18,21H,8-9,11-12H2,1-5H3/t14-,16+,18+,19?,20-/m1/s1. The molecule has 0 fully saturated rings. The molecule has 1 unspecified atom stereocenters. The van der Waals surface area contributed by atoms with E-state index in [1.807, 2.05) is 0 Å². The minimum absolute atomic E-state index is 0.0294. The number of allylic oxidation sites excluding steroid dienone is 4. The highest BCUT2D eigenvalue weighted by Gasteiger charge is 2.51. The number of hydrogen-bond acceptors (Lipinski definition) is 3. The SMILES string of the molecule is CC(=O)[C@@H](C)C(=O)C[C@H]1C(C)=CC[C@H]2C(C)(CO)CC=C[C@]12C. The predicted molar refractivity (Wildman–Crippen MR) is 91.9 cm³/mol. The van der Waals surface area contributed by atoms with Crippen molar-refractivity contribution >= 4 is 11.6 Å². The molecule has 0 amide bonds. The molecule has 3 heteroatoms. The Morgan fingerprint density at radius 3 is 2.61 bits per heavy atom. The van der Waals surface area contributed by atoms with Gasteiger partial charge in [0.15, 0.2) is 0 Å². The van der Waals surface area contributed by atoms with Crippen molar-refractivity contribution in [2.75, 3.05) is 6.61 Å². The fourth-order valence-electron chi connectivity index (χ4n) is 4.59. The molecule has 2 rings (SSSR count). The summed E-state index contributed by atoms with van der Waals surface area (Å²) in [4.78, 5) is 24.1. The second-order valence-electron chi connectivity index (χ2n) is 8.08. The first-order valence-electron chi connectivity index (χ1n) is 8.64. The first-order chi connectivity index (χ1) is 10.7. The Hall–Kier alpha value is -1.22. The molecular formula is C20H30O3. The number of aliphatic hydroxyl groups is 1. The minimum Gasteiger partial charge on any atom is -0.396 e. The molecule has 128 valence electrons. The zero-order valence-corrected chi connectivity index (χ0v) is 15.1. The summed E-state index contributed by atoms with van der Waals surface area (Å²) in [6, 6.07) is 0. The summed E-state index contributed by atoms with van der Waals surface area (Å²) in [5.74, 6) is -0.129. The lowest BCUT2D eigenvalue weighted by Crippen LogP contribution is -2.49. The number of Topliss-reactive ketones (excluding diaryl/α,β-unsaturated/α-hetero) is 2. The second-order valence-corrected chi connectivity index (χ2v) is 8.08. The molecule has 1 N–H and O–H groups in total. The number of aliphatic hydroxyl groups excluding tert-OH is 1. The fourth-order valence-corrected chi connectivity index (χ4v) is 4.59. The van der Waals surface area contributed by atoms with Gasteiger partial charge in [-0.15, -0.1) is 0 Å². The van der Waals surface area contributed by atoms with Crippen LogP contribution in [0.5, 0.6) is 0 Å². The fraction of sp³-hybridized carbons (Fsp3) is 0.700. The molecule has 2 aliphatic rings. The molecule has 0 aromatic rings. The maximum Gasteiger partial charge on any atom is 0.143 e. The van der Waals surface area contributed by atoms with E-state index in [9.17, 15) is 14.7 Å². The van der Waals surface area contributed by atoms with E-state index in [-0.39, 0.29) is 34.9 Å². The molecule has 0 aromatic heterocycles. The quantitative estimate of drug-likeness (QED) is 0.621. The largest absolute Gasteiger partial charge is 0.396 e. The van der Waals surface area contributed by atoms with Crippen LogP contribution in [0.4, 0.5) is 0 Å². The molecule has 0 saturated carbocycles. The molecular weight excluding hydrogens is 288 g/mol. The van der Waals surface area contributed by atoms with E-state index in [4.69, 9.17) is 0 Å². The normalized spacial score (nSPS) is 37.7. The molecule has 0 bridgehead atoms. The third-order valence-corrected chi connectivity index (χ3v) is 6.49. The van der Waals surface area contributed by atoms with Crippen molar-refractivity contribution in [2.45, 2.75) is 53.9 Å². The van der Waals surface area contributed by atoms with E-state index in [0.717, 1.165) is 12.8 Å². The Morgan fingerprint density at radius 2 is 2.04 bits per heavy atom. The molecule has 5 atom stereocenters. The number of hydrogen-bond donors (Lipinski definition) is 1. The highest BCUT2D eigenvalue weighted by molar-refractivity contribution is 6.01. The summed E-state index contributed by atoms with van der Waals surface area (Å²) < 4.78 is 0. The second kappa shape index (κ2) is 6.35. The van der Waals surface area contributed by atoms with E-state index in [1.165, 1.54) is 12.5 Å². The lowest BCUT2D eigenvalue weighted by Gasteiger charge is -2.54. The van der Waals surface area contributed by atoms with Crippen molar-refractivity contribution in [3.63, 3.8) is 0 Å². The first-order valence-corrected chi connectivity index (χ1v) is 8.64. The molecule has 0 heterocycles. The maximum absolute atomic E-state index is 12.5. The lowest BCUT2D eigenvalue weighted by atomic mass is 9.50. The predicted octanol–water partition coefficient (Wildman–Crippen LogP) is 3.72. The van der Waals surface area contributed by atoms with Crippen molar-refractivity contribution in [3.8, 4) is 0 Å².